The highest BCUT2D eigenvalue weighted by molar-refractivity contribution is 5.89. The van der Waals surface area contributed by atoms with Crippen LogP contribution in [0.25, 0.3) is 0 Å². The van der Waals surface area contributed by atoms with Crippen molar-refractivity contribution in [3.8, 4) is 0 Å². The zero-order chi connectivity index (χ0) is 25.9. The Bertz CT molecular complexity index is 1030. The van der Waals surface area contributed by atoms with Crippen LogP contribution in [-0.2, 0) is 42.9 Å². The van der Waals surface area contributed by atoms with Gasteiger partial charge in [-0.15, -0.1) is 0 Å². The van der Waals surface area contributed by atoms with E-state index in [1.807, 2.05) is 32.9 Å². The lowest BCUT2D eigenvalue weighted by molar-refractivity contribution is -0.197. The van der Waals surface area contributed by atoms with Gasteiger partial charge in [-0.1, -0.05) is 24.1 Å². The maximum atomic E-state index is 12.9. The van der Waals surface area contributed by atoms with Crippen molar-refractivity contribution in [2.24, 2.45) is 11.3 Å². The molecule has 0 aromatic heterocycles. The fourth-order valence-corrected chi connectivity index (χ4v) is 6.50. The summed E-state index contributed by atoms with van der Waals surface area (Å²) in [6.45, 7) is 11.3. The first-order chi connectivity index (χ1) is 16.3. The van der Waals surface area contributed by atoms with Crippen LogP contribution in [0.2, 0.25) is 0 Å². The molecule has 0 aromatic rings. The van der Waals surface area contributed by atoms with Gasteiger partial charge in [0.05, 0.1) is 5.41 Å². The largest absolute Gasteiger partial charge is 0.462 e. The van der Waals surface area contributed by atoms with Crippen LogP contribution in [0.5, 0.6) is 0 Å². The van der Waals surface area contributed by atoms with Crippen LogP contribution >= 0.6 is 0 Å². The molecule has 2 saturated heterocycles. The summed E-state index contributed by atoms with van der Waals surface area (Å²) in [7, 11) is 0. The zero-order valence-electron chi connectivity index (χ0n) is 21.3. The van der Waals surface area contributed by atoms with Crippen LogP contribution < -0.4 is 0 Å². The number of allylic oxidation sites excluding steroid dienone is 1. The molecule has 0 radical (unpaired) electrons. The quantitative estimate of drug-likeness (QED) is 0.255. The number of epoxide rings is 1. The van der Waals surface area contributed by atoms with Gasteiger partial charge in [-0.2, -0.15) is 0 Å². The van der Waals surface area contributed by atoms with Crippen molar-refractivity contribution >= 4 is 23.9 Å². The second-order valence-corrected chi connectivity index (χ2v) is 10.6. The minimum absolute atomic E-state index is 0.405. The molecule has 192 valence electrons. The molecule has 2 aliphatic heterocycles. The van der Waals surface area contributed by atoms with Crippen molar-refractivity contribution in [3.05, 3.63) is 23.3 Å². The van der Waals surface area contributed by atoms with Crippen molar-refractivity contribution < 1.29 is 42.9 Å². The molecule has 1 unspecified atom stereocenters. The second-order valence-electron chi connectivity index (χ2n) is 10.6. The summed E-state index contributed by atoms with van der Waals surface area (Å²) >= 11 is 0. The number of hydrogen-bond acceptors (Lipinski definition) is 9. The number of esters is 4. The lowest BCUT2D eigenvalue weighted by Gasteiger charge is -2.52. The normalized spacial score (nSPS) is 43.6. The molecule has 9 nitrogen and oxygen atoms in total. The number of carbonyl (C=O) groups is 4. The van der Waals surface area contributed by atoms with E-state index >= 15 is 0 Å². The molecule has 0 aromatic carbocycles. The SMILES string of the molecule is CC(=O)O[C@H]1CC=C(C)[C@@H]2[C@@H](OC(C)=O)[C@]34OC3(C)C(=O)O[C@H]4/C=C(/C)CC[C@@H](OC(C)=O)[C@@]12C. The monoisotopic (exact) mass is 490 g/mol. The molecule has 2 heterocycles. The molecule has 8 atom stereocenters. The molecule has 0 amide bonds. The molecule has 1 spiro atoms. The first kappa shape index (κ1) is 25.4. The summed E-state index contributed by atoms with van der Waals surface area (Å²) in [4.78, 5) is 49.7. The van der Waals surface area contributed by atoms with Crippen molar-refractivity contribution in [1.29, 1.82) is 0 Å². The molecule has 35 heavy (non-hydrogen) atoms. The number of rotatable bonds is 3. The molecular weight excluding hydrogens is 456 g/mol. The topological polar surface area (TPSA) is 118 Å². The van der Waals surface area contributed by atoms with Gasteiger partial charge < -0.3 is 23.7 Å². The number of hydrogen-bond donors (Lipinski definition) is 0. The zero-order valence-corrected chi connectivity index (χ0v) is 21.3. The van der Waals surface area contributed by atoms with Gasteiger partial charge in [0, 0.05) is 33.1 Å². The van der Waals surface area contributed by atoms with Crippen LogP contribution in [-0.4, -0.2) is 59.5 Å². The van der Waals surface area contributed by atoms with Gasteiger partial charge in [-0.25, -0.2) is 4.79 Å². The van der Waals surface area contributed by atoms with E-state index in [1.165, 1.54) is 20.8 Å². The van der Waals surface area contributed by atoms with E-state index in [0.717, 1.165) is 11.1 Å². The minimum Gasteiger partial charge on any atom is -0.462 e. The third-order valence-corrected chi connectivity index (χ3v) is 8.20. The second kappa shape index (κ2) is 8.47. The standard InChI is InChI=1S/C26H34O9/c1-13-8-10-18(31-15(3)27)24(6)19(32-16(4)28)11-9-14(2)21(24)22(33-17(5)29)26-20(12-13)34-23(30)25(26,7)35-26/h9,12,18-22H,8,10-11H2,1-7H3/b13-12-/t18-,19+,20+,21-,22-,24+,25?,26+/m1/s1. The Kier molecular flexibility index (Phi) is 6.15. The lowest BCUT2D eigenvalue weighted by Crippen LogP contribution is -2.61. The smallest absolute Gasteiger partial charge is 0.342 e. The highest BCUT2D eigenvalue weighted by atomic mass is 16.7. The molecule has 4 aliphatic rings. The maximum absolute atomic E-state index is 12.9. The summed E-state index contributed by atoms with van der Waals surface area (Å²) in [5.41, 5.74) is -1.79. The van der Waals surface area contributed by atoms with E-state index in [4.69, 9.17) is 23.7 Å². The summed E-state index contributed by atoms with van der Waals surface area (Å²) in [5, 5.41) is 0. The molecule has 2 fully saturated rings. The fourth-order valence-electron chi connectivity index (χ4n) is 6.50. The third kappa shape index (κ3) is 3.79. The Morgan fingerprint density at radius 3 is 2.14 bits per heavy atom. The third-order valence-electron chi connectivity index (χ3n) is 8.20. The average Bonchev–Trinajstić information content (AvgIpc) is 3.32. The van der Waals surface area contributed by atoms with Gasteiger partial charge in [0.15, 0.2) is 17.3 Å². The average molecular weight is 491 g/mol. The van der Waals surface area contributed by atoms with E-state index in [0.29, 0.717) is 19.3 Å². The highest BCUT2D eigenvalue weighted by Gasteiger charge is 2.87. The number of carbonyl (C=O) groups excluding carboxylic acids is 4. The van der Waals surface area contributed by atoms with Crippen molar-refractivity contribution in [3.63, 3.8) is 0 Å². The van der Waals surface area contributed by atoms with E-state index in [-0.39, 0.29) is 0 Å². The molecule has 0 saturated carbocycles. The van der Waals surface area contributed by atoms with Crippen LogP contribution in [0.4, 0.5) is 0 Å². The van der Waals surface area contributed by atoms with Crippen molar-refractivity contribution in [2.45, 2.75) is 103 Å². The molecule has 9 heteroatoms. The van der Waals surface area contributed by atoms with E-state index in [9.17, 15) is 19.2 Å². The Hall–Kier alpha value is -2.68. The highest BCUT2D eigenvalue weighted by Crippen LogP contribution is 2.65. The summed E-state index contributed by atoms with van der Waals surface area (Å²) in [6, 6.07) is 0. The Balaban J connectivity index is 1.98. The van der Waals surface area contributed by atoms with Gasteiger partial charge in [-0.05, 0) is 39.7 Å². The van der Waals surface area contributed by atoms with Gasteiger partial charge in [0.1, 0.15) is 18.3 Å². The van der Waals surface area contributed by atoms with Gasteiger partial charge >= 0.3 is 23.9 Å². The first-order valence-electron chi connectivity index (χ1n) is 12.0. The Labute approximate surface area is 205 Å². The van der Waals surface area contributed by atoms with Crippen molar-refractivity contribution in [1.82, 2.24) is 0 Å². The first-order valence-corrected chi connectivity index (χ1v) is 12.0. The van der Waals surface area contributed by atoms with E-state index < -0.39 is 70.8 Å². The predicted octanol–water partition coefficient (Wildman–Crippen LogP) is 2.95. The van der Waals surface area contributed by atoms with Crippen LogP contribution in [0.3, 0.4) is 0 Å². The summed E-state index contributed by atoms with van der Waals surface area (Å²) < 4.78 is 29.6. The Morgan fingerprint density at radius 2 is 1.57 bits per heavy atom. The summed E-state index contributed by atoms with van der Waals surface area (Å²) in [5.74, 6) is -2.60. The van der Waals surface area contributed by atoms with Gasteiger partial charge in [0.2, 0.25) is 0 Å². The molecule has 0 N–H and O–H groups in total. The van der Waals surface area contributed by atoms with Gasteiger partial charge in [-0.3, -0.25) is 14.4 Å². The number of ether oxygens (including phenoxy) is 5. The molecule has 4 rings (SSSR count). The van der Waals surface area contributed by atoms with Crippen LogP contribution in [0.1, 0.15) is 67.7 Å². The van der Waals surface area contributed by atoms with Crippen LogP contribution in [0, 0.1) is 11.3 Å². The predicted molar refractivity (Wildman–Crippen MR) is 122 cm³/mol. The fraction of sp³-hybridized carbons (Fsp3) is 0.692. The lowest BCUT2D eigenvalue weighted by atomic mass is 9.57. The van der Waals surface area contributed by atoms with Crippen molar-refractivity contribution in [2.75, 3.05) is 0 Å². The van der Waals surface area contributed by atoms with E-state index in [2.05, 4.69) is 0 Å². The number of fused-ring (bicyclic) bond motifs is 1. The molecule has 2 aliphatic carbocycles. The Morgan fingerprint density at radius 1 is 0.971 bits per heavy atom. The van der Waals surface area contributed by atoms with Crippen LogP contribution in [0.15, 0.2) is 23.3 Å². The summed E-state index contributed by atoms with van der Waals surface area (Å²) in [6.07, 6.45) is 2.10. The van der Waals surface area contributed by atoms with Gasteiger partial charge in [0.25, 0.3) is 0 Å². The minimum atomic E-state index is -1.31. The molecular formula is C26H34O9. The maximum Gasteiger partial charge on any atom is 0.342 e. The van der Waals surface area contributed by atoms with E-state index in [1.54, 1.807) is 6.92 Å². The molecule has 0 bridgehead atoms.